The number of carbonyl (C=O) groups is 2. The van der Waals surface area contributed by atoms with Crippen molar-refractivity contribution in [2.45, 2.75) is 11.5 Å². The van der Waals surface area contributed by atoms with Gasteiger partial charge in [0.05, 0.1) is 17.5 Å². The van der Waals surface area contributed by atoms with Crippen molar-refractivity contribution in [1.29, 1.82) is 0 Å². The number of nitrogens with zero attached hydrogens (tertiary/aromatic N) is 1. The topological polar surface area (TPSA) is 77.8 Å². The van der Waals surface area contributed by atoms with Crippen LogP contribution in [-0.4, -0.2) is 22.0 Å². The second-order valence-corrected chi connectivity index (χ2v) is 7.95. The van der Waals surface area contributed by atoms with E-state index in [9.17, 15) is 19.8 Å². The Kier molecular flexibility index (Phi) is 3.04. The largest absolute Gasteiger partial charge is 0.508 e. The van der Waals surface area contributed by atoms with E-state index in [1.165, 1.54) is 17.0 Å². The zero-order valence-electron chi connectivity index (χ0n) is 15.3. The molecule has 5 nitrogen and oxygen atoms in total. The van der Waals surface area contributed by atoms with Gasteiger partial charge in [0.15, 0.2) is 0 Å². The fourth-order valence-corrected chi connectivity index (χ4v) is 5.59. The third-order valence-electron chi connectivity index (χ3n) is 6.68. The van der Waals surface area contributed by atoms with Gasteiger partial charge >= 0.3 is 0 Å². The normalized spacial score (nSPS) is 28.9. The van der Waals surface area contributed by atoms with Crippen LogP contribution in [0.5, 0.6) is 5.75 Å². The highest BCUT2D eigenvalue weighted by Gasteiger charge is 2.68. The minimum absolute atomic E-state index is 0.0590. The van der Waals surface area contributed by atoms with Crippen LogP contribution in [0.3, 0.4) is 0 Å². The molecule has 1 aliphatic heterocycles. The molecule has 1 fully saturated rings. The molecule has 7 rings (SSSR count). The molecule has 3 aromatic rings. The zero-order valence-corrected chi connectivity index (χ0v) is 15.3. The molecule has 2 N–H and O–H groups in total. The van der Waals surface area contributed by atoms with E-state index in [2.05, 4.69) is 0 Å². The van der Waals surface area contributed by atoms with Crippen molar-refractivity contribution in [1.82, 2.24) is 0 Å². The number of hydrogen-bond donors (Lipinski definition) is 2. The Bertz CT molecular complexity index is 1150. The number of amides is 2. The van der Waals surface area contributed by atoms with Gasteiger partial charge in [0.2, 0.25) is 11.8 Å². The molecular formula is C24H17NO4. The molecule has 0 spiro atoms. The standard InChI is InChI=1S/C24H17NO4/c26-14-11-9-13(10-12-14)25-22(27)20-19-15-5-1-3-7-17(15)24(29,21(20)23(25)28)18-8-4-2-6-16(18)19/h1-12,19-21,26,29H/t19?,20-,21+,24?/m0/s1. The first kappa shape index (κ1) is 16.5. The number of phenols is 1. The maximum atomic E-state index is 13.5. The smallest absolute Gasteiger partial charge is 0.241 e. The average molecular weight is 383 g/mol. The lowest BCUT2D eigenvalue weighted by Crippen LogP contribution is -2.53. The van der Waals surface area contributed by atoms with Gasteiger partial charge in [-0.1, -0.05) is 48.5 Å². The van der Waals surface area contributed by atoms with E-state index in [0.29, 0.717) is 16.8 Å². The summed E-state index contributed by atoms with van der Waals surface area (Å²) in [4.78, 5) is 28.2. The van der Waals surface area contributed by atoms with Crippen LogP contribution in [0.2, 0.25) is 0 Å². The number of anilines is 1. The lowest BCUT2D eigenvalue weighted by atomic mass is 9.52. The molecule has 0 saturated carbocycles. The van der Waals surface area contributed by atoms with Crippen molar-refractivity contribution < 1.29 is 19.8 Å². The van der Waals surface area contributed by atoms with Gasteiger partial charge in [-0.15, -0.1) is 0 Å². The van der Waals surface area contributed by atoms with Gasteiger partial charge in [0, 0.05) is 5.92 Å². The fourth-order valence-electron chi connectivity index (χ4n) is 5.59. The van der Waals surface area contributed by atoms with E-state index in [4.69, 9.17) is 0 Å². The van der Waals surface area contributed by atoms with Crippen molar-refractivity contribution in [3.8, 4) is 5.75 Å². The Morgan fingerprint density at radius 1 is 0.759 bits per heavy atom. The maximum Gasteiger partial charge on any atom is 0.241 e. The lowest BCUT2D eigenvalue weighted by molar-refractivity contribution is -0.133. The van der Waals surface area contributed by atoms with E-state index in [-0.39, 0.29) is 17.6 Å². The summed E-state index contributed by atoms with van der Waals surface area (Å²) >= 11 is 0. The summed E-state index contributed by atoms with van der Waals surface area (Å²) in [6.45, 7) is 0. The molecule has 0 unspecified atom stereocenters. The van der Waals surface area contributed by atoms with Crippen LogP contribution < -0.4 is 4.90 Å². The Hall–Kier alpha value is -3.44. The van der Waals surface area contributed by atoms with E-state index in [1.807, 2.05) is 48.5 Å². The average Bonchev–Trinajstić information content (AvgIpc) is 3.01. The first-order chi connectivity index (χ1) is 14.0. The highest BCUT2D eigenvalue weighted by Crippen LogP contribution is 2.63. The van der Waals surface area contributed by atoms with Crippen molar-refractivity contribution in [3.63, 3.8) is 0 Å². The van der Waals surface area contributed by atoms with Crippen LogP contribution in [0.1, 0.15) is 28.2 Å². The highest BCUT2D eigenvalue weighted by atomic mass is 16.3. The third-order valence-corrected chi connectivity index (χ3v) is 6.68. The molecule has 0 radical (unpaired) electrons. The molecule has 1 saturated heterocycles. The van der Waals surface area contributed by atoms with Gasteiger partial charge in [0.25, 0.3) is 0 Å². The van der Waals surface area contributed by atoms with Crippen LogP contribution in [0, 0.1) is 11.8 Å². The molecule has 0 aromatic heterocycles. The van der Waals surface area contributed by atoms with Crippen molar-refractivity contribution in [2.75, 3.05) is 4.90 Å². The molecule has 5 heteroatoms. The molecular weight excluding hydrogens is 366 g/mol. The van der Waals surface area contributed by atoms with E-state index in [1.54, 1.807) is 12.1 Å². The quantitative estimate of drug-likeness (QED) is 0.634. The summed E-state index contributed by atoms with van der Waals surface area (Å²) in [6, 6.07) is 21.1. The first-order valence-corrected chi connectivity index (χ1v) is 9.61. The molecule has 29 heavy (non-hydrogen) atoms. The summed E-state index contributed by atoms with van der Waals surface area (Å²) in [7, 11) is 0. The van der Waals surface area contributed by atoms with Gasteiger partial charge in [-0.3, -0.25) is 9.59 Å². The Morgan fingerprint density at radius 2 is 1.31 bits per heavy atom. The summed E-state index contributed by atoms with van der Waals surface area (Å²) in [5.41, 5.74) is 2.08. The predicted octanol–water partition coefficient (Wildman–Crippen LogP) is 2.89. The molecule has 2 amide bonds. The Balaban J connectivity index is 1.61. The molecule has 3 aliphatic carbocycles. The summed E-state index contributed by atoms with van der Waals surface area (Å²) < 4.78 is 0. The summed E-state index contributed by atoms with van der Waals surface area (Å²) in [5, 5.41) is 21.6. The predicted molar refractivity (Wildman–Crippen MR) is 105 cm³/mol. The zero-order chi connectivity index (χ0) is 19.9. The monoisotopic (exact) mass is 383 g/mol. The number of rotatable bonds is 1. The third kappa shape index (κ3) is 1.83. The van der Waals surface area contributed by atoms with Crippen LogP contribution in [0.15, 0.2) is 72.8 Å². The van der Waals surface area contributed by atoms with Crippen LogP contribution in [0.25, 0.3) is 0 Å². The first-order valence-electron chi connectivity index (χ1n) is 9.61. The van der Waals surface area contributed by atoms with E-state index in [0.717, 1.165) is 11.1 Å². The second-order valence-electron chi connectivity index (χ2n) is 7.95. The highest BCUT2D eigenvalue weighted by molar-refractivity contribution is 6.23. The van der Waals surface area contributed by atoms with Crippen LogP contribution in [0.4, 0.5) is 5.69 Å². The number of aliphatic hydroxyl groups is 1. The lowest BCUT2D eigenvalue weighted by Gasteiger charge is -2.51. The molecule has 142 valence electrons. The minimum Gasteiger partial charge on any atom is -0.508 e. The number of carbonyl (C=O) groups excluding carboxylic acids is 2. The Labute approximate surface area is 166 Å². The SMILES string of the molecule is O=C1[C@H]2C3c4ccccc4C(O)(c4ccccc43)[C@H]2C(=O)N1c1ccc(O)cc1. The number of aromatic hydroxyl groups is 1. The Morgan fingerprint density at radius 3 is 1.90 bits per heavy atom. The van der Waals surface area contributed by atoms with Gasteiger partial charge in [-0.25, -0.2) is 4.90 Å². The van der Waals surface area contributed by atoms with Gasteiger partial charge in [-0.05, 0) is 46.5 Å². The molecule has 2 bridgehead atoms. The number of hydrogen-bond acceptors (Lipinski definition) is 4. The van der Waals surface area contributed by atoms with Crippen LogP contribution >= 0.6 is 0 Å². The van der Waals surface area contributed by atoms with Gasteiger partial charge in [-0.2, -0.15) is 0 Å². The second kappa shape index (κ2) is 5.33. The summed E-state index contributed by atoms with van der Waals surface area (Å²) in [6.07, 6.45) is 0. The number of benzene rings is 3. The number of phenolic OH excluding ortho intramolecular Hbond substituents is 1. The molecule has 3 aromatic carbocycles. The van der Waals surface area contributed by atoms with E-state index >= 15 is 0 Å². The minimum atomic E-state index is -1.55. The van der Waals surface area contributed by atoms with Crippen molar-refractivity contribution >= 4 is 17.5 Å². The van der Waals surface area contributed by atoms with Crippen molar-refractivity contribution in [3.05, 3.63) is 95.1 Å². The van der Waals surface area contributed by atoms with E-state index < -0.39 is 23.3 Å². The number of imide groups is 1. The fraction of sp³-hybridized carbons (Fsp3) is 0.167. The summed E-state index contributed by atoms with van der Waals surface area (Å²) in [5.74, 6) is -2.46. The van der Waals surface area contributed by atoms with Crippen molar-refractivity contribution in [2.24, 2.45) is 11.8 Å². The van der Waals surface area contributed by atoms with Crippen LogP contribution in [-0.2, 0) is 15.2 Å². The maximum absolute atomic E-state index is 13.5. The molecule has 1 heterocycles. The molecule has 2 atom stereocenters. The van der Waals surface area contributed by atoms with Gasteiger partial charge < -0.3 is 10.2 Å². The van der Waals surface area contributed by atoms with Gasteiger partial charge in [0.1, 0.15) is 11.4 Å². The molecule has 4 aliphatic rings.